The molecule has 1 heterocycles. The third-order valence-electron chi connectivity index (χ3n) is 4.76. The Morgan fingerprint density at radius 1 is 1.17 bits per heavy atom. The van der Waals surface area contributed by atoms with Crippen LogP contribution in [0.15, 0.2) is 53.0 Å². The number of carbonyl (C=O) groups excluding carboxylic acids is 1. The van der Waals surface area contributed by atoms with E-state index in [1.54, 1.807) is 0 Å². The Labute approximate surface area is 148 Å². The molecule has 2 aliphatic rings. The third-order valence-corrected chi connectivity index (χ3v) is 5.46. The molecule has 4 rings (SSSR count). The highest BCUT2D eigenvalue weighted by Crippen LogP contribution is 2.44. The molecule has 1 aliphatic heterocycles. The Kier molecular flexibility index (Phi) is 3.50. The average Bonchev–Trinajstić information content (AvgIpc) is 2.83. The van der Waals surface area contributed by atoms with E-state index < -0.39 is 5.54 Å². The van der Waals surface area contributed by atoms with Crippen molar-refractivity contribution in [2.75, 3.05) is 0 Å². The van der Waals surface area contributed by atoms with E-state index in [-0.39, 0.29) is 11.8 Å². The van der Waals surface area contributed by atoms with Gasteiger partial charge >= 0.3 is 0 Å². The molecule has 1 amide bonds. The summed E-state index contributed by atoms with van der Waals surface area (Å²) < 4.78 is 0.973. The zero-order valence-electron chi connectivity index (χ0n) is 12.3. The number of amides is 1. The summed E-state index contributed by atoms with van der Waals surface area (Å²) in [4.78, 5) is 12.7. The minimum atomic E-state index is -0.769. The smallest absolute Gasteiger partial charge is 0.256 e. The van der Waals surface area contributed by atoms with E-state index in [0.717, 1.165) is 16.5 Å². The van der Waals surface area contributed by atoms with Gasteiger partial charge in [0.1, 0.15) is 5.54 Å². The molecule has 2 aromatic rings. The molecule has 1 spiro atoms. The lowest BCUT2D eigenvalue weighted by molar-refractivity contribution is -0.125. The standard InChI is InChI=1S/C18H15BrN2OS/c19-14-7-6-12-8-13(11-4-2-1-3-5-11)10-18(15(12)9-14)16(22)20-17(23)21-18/h1-7,9,13H,8,10H2,(H2,20,21,22,23). The van der Waals surface area contributed by atoms with E-state index in [0.29, 0.717) is 11.5 Å². The van der Waals surface area contributed by atoms with Crippen LogP contribution >= 0.6 is 28.1 Å². The molecule has 1 saturated heterocycles. The van der Waals surface area contributed by atoms with Gasteiger partial charge in [0.2, 0.25) is 0 Å². The molecule has 0 bridgehead atoms. The molecule has 1 fully saturated rings. The second-order valence-corrected chi connectivity index (χ2v) is 7.45. The lowest BCUT2D eigenvalue weighted by Crippen LogP contribution is -2.48. The molecule has 5 heteroatoms. The van der Waals surface area contributed by atoms with Crippen molar-refractivity contribution in [2.24, 2.45) is 0 Å². The van der Waals surface area contributed by atoms with E-state index in [9.17, 15) is 4.79 Å². The number of carbonyl (C=O) groups is 1. The quantitative estimate of drug-likeness (QED) is 0.738. The van der Waals surface area contributed by atoms with Crippen molar-refractivity contribution < 1.29 is 4.79 Å². The highest BCUT2D eigenvalue weighted by atomic mass is 79.9. The summed E-state index contributed by atoms with van der Waals surface area (Å²) in [5.41, 5.74) is 2.71. The molecule has 0 saturated carbocycles. The first kappa shape index (κ1) is 14.8. The van der Waals surface area contributed by atoms with Crippen LogP contribution < -0.4 is 10.6 Å². The van der Waals surface area contributed by atoms with Crippen molar-refractivity contribution in [1.29, 1.82) is 0 Å². The zero-order chi connectivity index (χ0) is 16.0. The largest absolute Gasteiger partial charge is 0.344 e. The van der Waals surface area contributed by atoms with E-state index in [4.69, 9.17) is 12.2 Å². The maximum absolute atomic E-state index is 12.7. The molecule has 116 valence electrons. The van der Waals surface area contributed by atoms with Crippen molar-refractivity contribution in [1.82, 2.24) is 10.6 Å². The van der Waals surface area contributed by atoms with Crippen LogP contribution in [-0.4, -0.2) is 11.0 Å². The lowest BCUT2D eigenvalue weighted by atomic mass is 9.69. The SMILES string of the molecule is O=C1NC(=S)NC12CC(c1ccccc1)Cc1ccc(Br)cc12. The number of nitrogens with one attached hydrogen (secondary N) is 2. The van der Waals surface area contributed by atoms with Gasteiger partial charge in [-0.15, -0.1) is 0 Å². The fourth-order valence-electron chi connectivity index (χ4n) is 3.73. The number of thiocarbonyl (C=S) groups is 1. The number of rotatable bonds is 1. The van der Waals surface area contributed by atoms with Crippen LogP contribution in [0.25, 0.3) is 0 Å². The number of hydrogen-bond acceptors (Lipinski definition) is 2. The Balaban J connectivity index is 1.86. The Morgan fingerprint density at radius 3 is 2.65 bits per heavy atom. The van der Waals surface area contributed by atoms with Crippen LogP contribution in [0.4, 0.5) is 0 Å². The highest BCUT2D eigenvalue weighted by molar-refractivity contribution is 9.10. The van der Waals surface area contributed by atoms with E-state index in [1.165, 1.54) is 11.1 Å². The maximum Gasteiger partial charge on any atom is 0.256 e. The van der Waals surface area contributed by atoms with Crippen LogP contribution in [0.1, 0.15) is 29.0 Å². The van der Waals surface area contributed by atoms with Gasteiger partial charge in [0.25, 0.3) is 5.91 Å². The Hall–Kier alpha value is -1.72. The normalized spacial score (nSPS) is 25.9. The molecule has 23 heavy (non-hydrogen) atoms. The highest BCUT2D eigenvalue weighted by Gasteiger charge is 2.51. The number of benzene rings is 2. The number of halogens is 1. The van der Waals surface area contributed by atoms with Crippen molar-refractivity contribution in [3.63, 3.8) is 0 Å². The molecular formula is C18H15BrN2OS. The molecule has 2 N–H and O–H groups in total. The van der Waals surface area contributed by atoms with Gasteiger partial charge < -0.3 is 10.6 Å². The Bertz CT molecular complexity index is 808. The topological polar surface area (TPSA) is 41.1 Å². The monoisotopic (exact) mass is 386 g/mol. The third kappa shape index (κ3) is 2.39. The zero-order valence-corrected chi connectivity index (χ0v) is 14.7. The fraction of sp³-hybridized carbons (Fsp3) is 0.222. The second kappa shape index (κ2) is 5.42. The van der Waals surface area contributed by atoms with Gasteiger partial charge in [-0.2, -0.15) is 0 Å². The van der Waals surface area contributed by atoms with Gasteiger partial charge in [-0.05, 0) is 59.8 Å². The van der Waals surface area contributed by atoms with Gasteiger partial charge in [-0.1, -0.05) is 52.3 Å². The van der Waals surface area contributed by atoms with Gasteiger partial charge in [0.05, 0.1) is 0 Å². The summed E-state index contributed by atoms with van der Waals surface area (Å²) in [7, 11) is 0. The number of fused-ring (bicyclic) bond motifs is 2. The van der Waals surface area contributed by atoms with Crippen LogP contribution in [0.2, 0.25) is 0 Å². The van der Waals surface area contributed by atoms with Crippen LogP contribution in [0.3, 0.4) is 0 Å². The molecule has 0 radical (unpaired) electrons. The van der Waals surface area contributed by atoms with Crippen molar-refractivity contribution >= 4 is 39.2 Å². The average molecular weight is 387 g/mol. The van der Waals surface area contributed by atoms with Crippen molar-refractivity contribution in [3.05, 3.63) is 69.7 Å². The first-order valence-corrected chi connectivity index (χ1v) is 8.76. The molecule has 2 atom stereocenters. The van der Waals surface area contributed by atoms with E-state index in [2.05, 4.69) is 44.8 Å². The summed E-state index contributed by atoms with van der Waals surface area (Å²) >= 11 is 8.74. The van der Waals surface area contributed by atoms with Crippen molar-refractivity contribution in [3.8, 4) is 0 Å². The van der Waals surface area contributed by atoms with Gasteiger partial charge in [-0.3, -0.25) is 4.79 Å². The van der Waals surface area contributed by atoms with Gasteiger partial charge in [0, 0.05) is 4.47 Å². The summed E-state index contributed by atoms with van der Waals surface area (Å²) in [6, 6.07) is 16.6. The first-order chi connectivity index (χ1) is 11.1. The maximum atomic E-state index is 12.7. The molecule has 2 unspecified atom stereocenters. The minimum Gasteiger partial charge on any atom is -0.344 e. The lowest BCUT2D eigenvalue weighted by Gasteiger charge is -2.38. The summed E-state index contributed by atoms with van der Waals surface area (Å²) in [5, 5.41) is 6.44. The van der Waals surface area contributed by atoms with Gasteiger partial charge in [-0.25, -0.2) is 0 Å². The van der Waals surface area contributed by atoms with Crippen LogP contribution in [0, 0.1) is 0 Å². The number of hydrogen-bond donors (Lipinski definition) is 2. The second-order valence-electron chi connectivity index (χ2n) is 6.13. The van der Waals surface area contributed by atoms with E-state index >= 15 is 0 Å². The summed E-state index contributed by atoms with van der Waals surface area (Å²) in [6.45, 7) is 0. The fourth-order valence-corrected chi connectivity index (χ4v) is 4.36. The Morgan fingerprint density at radius 2 is 1.96 bits per heavy atom. The van der Waals surface area contributed by atoms with E-state index in [1.807, 2.05) is 30.3 Å². The molecule has 2 aromatic carbocycles. The molecule has 1 aliphatic carbocycles. The van der Waals surface area contributed by atoms with Crippen LogP contribution in [-0.2, 0) is 16.8 Å². The summed E-state index contributed by atoms with van der Waals surface area (Å²) in [5.74, 6) is 0.228. The minimum absolute atomic E-state index is 0.0533. The van der Waals surface area contributed by atoms with Crippen LogP contribution in [0.5, 0.6) is 0 Å². The molecule has 3 nitrogen and oxygen atoms in total. The van der Waals surface area contributed by atoms with Crippen molar-refractivity contribution in [2.45, 2.75) is 24.3 Å². The van der Waals surface area contributed by atoms with Gasteiger partial charge in [0.15, 0.2) is 5.11 Å². The molecular weight excluding hydrogens is 372 g/mol. The summed E-state index contributed by atoms with van der Waals surface area (Å²) in [6.07, 6.45) is 1.63. The predicted molar refractivity (Wildman–Crippen MR) is 97.2 cm³/mol. The first-order valence-electron chi connectivity index (χ1n) is 7.56. The molecule has 0 aromatic heterocycles. The predicted octanol–water partition coefficient (Wildman–Crippen LogP) is 3.38.